The average molecular weight is 322 g/mol. The number of carbonyl (C=O) groups is 2. The third-order valence-electron chi connectivity index (χ3n) is 4.80. The van der Waals surface area contributed by atoms with Gasteiger partial charge in [0.2, 0.25) is 5.91 Å². The lowest BCUT2D eigenvalue weighted by atomic mass is 9.78. The van der Waals surface area contributed by atoms with E-state index in [-0.39, 0.29) is 30.6 Å². The van der Waals surface area contributed by atoms with Crippen LogP contribution in [0.5, 0.6) is 0 Å². The van der Waals surface area contributed by atoms with E-state index in [1.165, 1.54) is 12.8 Å². The number of ketones is 1. The van der Waals surface area contributed by atoms with Crippen LogP contribution in [-0.2, 0) is 4.79 Å². The summed E-state index contributed by atoms with van der Waals surface area (Å²) in [7, 11) is 0. The van der Waals surface area contributed by atoms with E-state index < -0.39 is 0 Å². The standard InChI is InChI=1S/C18H24ClNO2/c1-12-4-3-5-16(13(12)2)20-18(22)11-10-17(21)14-6-8-15(19)9-7-14/h6-9,12-13,16H,3-5,10-11H2,1-2H3,(H,20,22)/t12-,13-,16+/m1/s1. The van der Waals surface area contributed by atoms with Gasteiger partial charge in [-0.2, -0.15) is 0 Å². The van der Waals surface area contributed by atoms with Crippen LogP contribution >= 0.6 is 11.6 Å². The zero-order valence-corrected chi connectivity index (χ0v) is 14.0. The highest BCUT2D eigenvalue weighted by Crippen LogP contribution is 2.29. The average Bonchev–Trinajstić information content (AvgIpc) is 2.50. The van der Waals surface area contributed by atoms with Crippen LogP contribution in [0, 0.1) is 11.8 Å². The van der Waals surface area contributed by atoms with Crippen molar-refractivity contribution in [2.24, 2.45) is 11.8 Å². The molecule has 0 heterocycles. The fourth-order valence-electron chi connectivity index (χ4n) is 3.07. The van der Waals surface area contributed by atoms with Crippen LogP contribution in [0.3, 0.4) is 0 Å². The molecule has 1 aliphatic rings. The highest BCUT2D eigenvalue weighted by Gasteiger charge is 2.28. The molecule has 1 amide bonds. The molecule has 0 radical (unpaired) electrons. The normalized spacial score (nSPS) is 24.8. The zero-order valence-electron chi connectivity index (χ0n) is 13.3. The van der Waals surface area contributed by atoms with Crippen molar-refractivity contribution in [3.05, 3.63) is 34.9 Å². The molecule has 0 bridgehead atoms. The molecular weight excluding hydrogens is 298 g/mol. The molecule has 3 atom stereocenters. The first-order valence-corrected chi connectivity index (χ1v) is 8.43. The number of hydrogen-bond acceptors (Lipinski definition) is 2. The molecule has 0 spiro atoms. The van der Waals surface area contributed by atoms with Gasteiger partial charge in [0, 0.05) is 29.5 Å². The smallest absolute Gasteiger partial charge is 0.220 e. The summed E-state index contributed by atoms with van der Waals surface area (Å²) in [5.41, 5.74) is 0.608. The number of benzene rings is 1. The summed E-state index contributed by atoms with van der Waals surface area (Å²) in [6, 6.07) is 7.04. The van der Waals surface area contributed by atoms with E-state index in [2.05, 4.69) is 19.2 Å². The molecule has 2 rings (SSSR count). The van der Waals surface area contributed by atoms with Crippen LogP contribution in [0.1, 0.15) is 56.3 Å². The van der Waals surface area contributed by atoms with Gasteiger partial charge in [-0.25, -0.2) is 0 Å². The second kappa shape index (κ2) is 7.77. The number of hydrogen-bond donors (Lipinski definition) is 1. The number of nitrogens with one attached hydrogen (secondary N) is 1. The quantitative estimate of drug-likeness (QED) is 0.824. The molecule has 1 aromatic carbocycles. The van der Waals surface area contributed by atoms with Crippen LogP contribution in [0.2, 0.25) is 5.02 Å². The van der Waals surface area contributed by atoms with Crippen LogP contribution in [0.25, 0.3) is 0 Å². The maximum Gasteiger partial charge on any atom is 0.220 e. The molecule has 120 valence electrons. The molecule has 3 nitrogen and oxygen atoms in total. The van der Waals surface area contributed by atoms with E-state index in [9.17, 15) is 9.59 Å². The van der Waals surface area contributed by atoms with Gasteiger partial charge in [0.05, 0.1) is 0 Å². The summed E-state index contributed by atoms with van der Waals surface area (Å²) < 4.78 is 0. The summed E-state index contributed by atoms with van der Waals surface area (Å²) in [4.78, 5) is 24.1. The second-order valence-corrected chi connectivity index (χ2v) is 6.81. The van der Waals surface area contributed by atoms with E-state index >= 15 is 0 Å². The minimum atomic E-state index is -0.0201. The van der Waals surface area contributed by atoms with Crippen molar-refractivity contribution in [3.8, 4) is 0 Å². The van der Waals surface area contributed by atoms with Gasteiger partial charge >= 0.3 is 0 Å². The van der Waals surface area contributed by atoms with Gasteiger partial charge in [0.1, 0.15) is 0 Å². The Balaban J connectivity index is 1.80. The Morgan fingerprint density at radius 2 is 1.82 bits per heavy atom. The zero-order chi connectivity index (χ0) is 16.1. The SMILES string of the molecule is C[C@@H]1[C@H](C)CCC[C@@H]1NC(=O)CCC(=O)c1ccc(Cl)cc1. The van der Waals surface area contributed by atoms with Gasteiger partial charge < -0.3 is 5.32 Å². The lowest BCUT2D eigenvalue weighted by Gasteiger charge is -2.34. The maximum absolute atomic E-state index is 12.1. The van der Waals surface area contributed by atoms with Gasteiger partial charge in [0.25, 0.3) is 0 Å². The van der Waals surface area contributed by atoms with E-state index in [0.717, 1.165) is 6.42 Å². The van der Waals surface area contributed by atoms with Crippen LogP contribution in [0.15, 0.2) is 24.3 Å². The van der Waals surface area contributed by atoms with Crippen LogP contribution in [0.4, 0.5) is 0 Å². The Labute approximate surface area is 137 Å². The Morgan fingerprint density at radius 3 is 2.50 bits per heavy atom. The number of rotatable bonds is 5. The summed E-state index contributed by atoms with van der Waals surface area (Å²) in [6.45, 7) is 4.45. The molecule has 0 unspecified atom stereocenters. The number of amides is 1. The first-order chi connectivity index (χ1) is 10.5. The lowest BCUT2D eigenvalue weighted by molar-refractivity contribution is -0.122. The van der Waals surface area contributed by atoms with Crippen molar-refractivity contribution in [1.82, 2.24) is 5.32 Å². The molecule has 1 aliphatic carbocycles. The molecular formula is C18H24ClNO2. The minimum absolute atomic E-state index is 0.0168. The predicted octanol–water partition coefficient (Wildman–Crippen LogP) is 4.24. The maximum atomic E-state index is 12.1. The van der Waals surface area contributed by atoms with Crippen LogP contribution < -0.4 is 5.32 Å². The predicted molar refractivity (Wildman–Crippen MR) is 89.1 cm³/mol. The highest BCUT2D eigenvalue weighted by atomic mass is 35.5. The molecule has 1 fully saturated rings. The van der Waals surface area contributed by atoms with E-state index in [1.54, 1.807) is 24.3 Å². The van der Waals surface area contributed by atoms with Gasteiger partial charge in [0.15, 0.2) is 5.78 Å². The topological polar surface area (TPSA) is 46.2 Å². The minimum Gasteiger partial charge on any atom is -0.353 e. The number of Topliss-reactive ketones (excluding diaryl/α,β-unsaturated/α-hetero) is 1. The Bertz CT molecular complexity index is 526. The van der Waals surface area contributed by atoms with Crippen LogP contribution in [-0.4, -0.2) is 17.7 Å². The molecule has 1 aromatic rings. The highest BCUT2D eigenvalue weighted by molar-refractivity contribution is 6.30. The third kappa shape index (κ3) is 4.57. The van der Waals surface area contributed by atoms with Crippen molar-refractivity contribution in [2.45, 2.75) is 52.0 Å². The molecule has 0 saturated heterocycles. The first-order valence-electron chi connectivity index (χ1n) is 8.05. The fraction of sp³-hybridized carbons (Fsp3) is 0.556. The fourth-order valence-corrected chi connectivity index (χ4v) is 3.20. The molecule has 4 heteroatoms. The Hall–Kier alpha value is -1.35. The van der Waals surface area contributed by atoms with Crippen molar-refractivity contribution in [1.29, 1.82) is 0 Å². The Kier molecular flexibility index (Phi) is 6.01. The molecule has 1 N–H and O–H groups in total. The second-order valence-electron chi connectivity index (χ2n) is 6.37. The van der Waals surface area contributed by atoms with Gasteiger partial charge in [-0.15, -0.1) is 0 Å². The lowest BCUT2D eigenvalue weighted by Crippen LogP contribution is -2.43. The van der Waals surface area contributed by atoms with Gasteiger partial charge in [-0.1, -0.05) is 38.3 Å². The van der Waals surface area contributed by atoms with Crippen molar-refractivity contribution in [2.75, 3.05) is 0 Å². The Morgan fingerprint density at radius 1 is 1.14 bits per heavy atom. The summed E-state index contributed by atoms with van der Waals surface area (Å²) >= 11 is 5.80. The summed E-state index contributed by atoms with van der Waals surface area (Å²) in [5, 5.41) is 3.71. The number of halogens is 1. The van der Waals surface area contributed by atoms with Crippen molar-refractivity contribution < 1.29 is 9.59 Å². The number of carbonyl (C=O) groups excluding carboxylic acids is 2. The first kappa shape index (κ1) is 17.0. The molecule has 22 heavy (non-hydrogen) atoms. The molecule has 1 saturated carbocycles. The van der Waals surface area contributed by atoms with E-state index in [1.807, 2.05) is 0 Å². The largest absolute Gasteiger partial charge is 0.353 e. The third-order valence-corrected chi connectivity index (χ3v) is 5.05. The van der Waals surface area contributed by atoms with Crippen molar-refractivity contribution >= 4 is 23.3 Å². The molecule has 0 aliphatic heterocycles. The monoisotopic (exact) mass is 321 g/mol. The molecule has 0 aromatic heterocycles. The van der Waals surface area contributed by atoms with Gasteiger partial charge in [-0.3, -0.25) is 9.59 Å². The van der Waals surface area contributed by atoms with E-state index in [0.29, 0.717) is 22.4 Å². The summed E-state index contributed by atoms with van der Waals surface area (Å²) in [5.74, 6) is 1.12. The van der Waals surface area contributed by atoms with Crippen molar-refractivity contribution in [3.63, 3.8) is 0 Å². The van der Waals surface area contributed by atoms with E-state index in [4.69, 9.17) is 11.6 Å². The summed E-state index contributed by atoms with van der Waals surface area (Å²) in [6.07, 6.45) is 3.94. The van der Waals surface area contributed by atoms with Gasteiger partial charge in [-0.05, 0) is 42.5 Å².